The second-order valence-corrected chi connectivity index (χ2v) is 5.52. The van der Waals surface area contributed by atoms with Crippen LogP contribution in [0, 0.1) is 12.7 Å². The molecule has 0 aliphatic carbocycles. The first-order valence-corrected chi connectivity index (χ1v) is 5.56. The van der Waals surface area contributed by atoms with Gasteiger partial charge in [0, 0.05) is 24.1 Å². The molecule has 0 aliphatic heterocycles. The lowest BCUT2D eigenvalue weighted by atomic mass is 9.87. The van der Waals surface area contributed by atoms with E-state index in [1.807, 2.05) is 13.1 Å². The quantitative estimate of drug-likeness (QED) is 0.633. The fraction of sp³-hybridized carbons (Fsp3) is 0.429. The molecular formula is C14H18FN. The van der Waals surface area contributed by atoms with Crippen molar-refractivity contribution in [3.05, 3.63) is 35.3 Å². The summed E-state index contributed by atoms with van der Waals surface area (Å²) in [6.45, 7) is 8.26. The zero-order chi connectivity index (χ0) is 12.1. The predicted octanol–water partition coefficient (Wildman–Crippen LogP) is 3.92. The maximum Gasteiger partial charge on any atom is 0.126 e. The Bertz CT molecular complexity index is 544. The van der Waals surface area contributed by atoms with E-state index in [0.717, 1.165) is 10.9 Å². The van der Waals surface area contributed by atoms with E-state index in [4.69, 9.17) is 0 Å². The summed E-state index contributed by atoms with van der Waals surface area (Å²) in [5.41, 5.74) is 3.04. The number of aromatic nitrogens is 1. The number of fused-ring (bicyclic) bond motifs is 1. The zero-order valence-electron chi connectivity index (χ0n) is 10.6. The van der Waals surface area contributed by atoms with Crippen LogP contribution in [0.3, 0.4) is 0 Å². The molecule has 0 bridgehead atoms. The van der Waals surface area contributed by atoms with Crippen molar-refractivity contribution in [1.82, 2.24) is 4.57 Å². The van der Waals surface area contributed by atoms with Gasteiger partial charge in [0.2, 0.25) is 0 Å². The van der Waals surface area contributed by atoms with Crippen LogP contribution in [0.4, 0.5) is 4.39 Å². The van der Waals surface area contributed by atoms with Gasteiger partial charge in [0.05, 0.1) is 0 Å². The number of benzene rings is 1. The zero-order valence-corrected chi connectivity index (χ0v) is 10.6. The molecule has 0 amide bonds. The van der Waals surface area contributed by atoms with Gasteiger partial charge in [-0.1, -0.05) is 20.8 Å². The number of aryl methyl sites for hydroxylation is 2. The summed E-state index contributed by atoms with van der Waals surface area (Å²) in [5.74, 6) is -0.121. The number of hydrogen-bond donors (Lipinski definition) is 0. The van der Waals surface area contributed by atoms with Crippen LogP contribution in [0.15, 0.2) is 18.3 Å². The molecular weight excluding hydrogens is 201 g/mol. The molecule has 0 saturated carbocycles. The highest BCUT2D eigenvalue weighted by atomic mass is 19.1. The molecule has 0 fully saturated rings. The fourth-order valence-electron chi connectivity index (χ4n) is 2.10. The minimum Gasteiger partial charge on any atom is -0.350 e. The van der Waals surface area contributed by atoms with Crippen molar-refractivity contribution in [3.8, 4) is 0 Å². The molecule has 16 heavy (non-hydrogen) atoms. The molecule has 0 N–H and O–H groups in total. The highest BCUT2D eigenvalue weighted by Crippen LogP contribution is 2.32. The van der Waals surface area contributed by atoms with E-state index < -0.39 is 0 Å². The molecule has 0 atom stereocenters. The lowest BCUT2D eigenvalue weighted by Gasteiger charge is -2.17. The molecule has 1 aromatic heterocycles. The van der Waals surface area contributed by atoms with Gasteiger partial charge in [-0.3, -0.25) is 0 Å². The van der Waals surface area contributed by atoms with Gasteiger partial charge >= 0.3 is 0 Å². The van der Waals surface area contributed by atoms with Crippen LogP contribution in [0.2, 0.25) is 0 Å². The monoisotopic (exact) mass is 219 g/mol. The predicted molar refractivity (Wildman–Crippen MR) is 66.3 cm³/mol. The van der Waals surface area contributed by atoms with Crippen LogP contribution >= 0.6 is 0 Å². The summed E-state index contributed by atoms with van der Waals surface area (Å²) in [7, 11) is 2.01. The van der Waals surface area contributed by atoms with Gasteiger partial charge in [-0.05, 0) is 35.6 Å². The van der Waals surface area contributed by atoms with Crippen molar-refractivity contribution in [3.63, 3.8) is 0 Å². The Morgan fingerprint density at radius 1 is 1.19 bits per heavy atom. The minimum absolute atomic E-state index is 0.0429. The summed E-state index contributed by atoms with van der Waals surface area (Å²) >= 11 is 0. The van der Waals surface area contributed by atoms with Gasteiger partial charge in [0.1, 0.15) is 5.82 Å². The second kappa shape index (κ2) is 3.34. The number of halogens is 1. The van der Waals surface area contributed by atoms with E-state index in [1.165, 1.54) is 5.56 Å². The number of nitrogens with zero attached hydrogens (tertiary/aromatic N) is 1. The van der Waals surface area contributed by atoms with Crippen molar-refractivity contribution < 1.29 is 4.39 Å². The third kappa shape index (κ3) is 1.62. The highest BCUT2D eigenvalue weighted by Gasteiger charge is 2.20. The minimum atomic E-state index is -0.121. The van der Waals surface area contributed by atoms with Crippen molar-refractivity contribution in [2.75, 3.05) is 0 Å². The molecule has 0 radical (unpaired) electrons. The molecule has 0 unspecified atom stereocenters. The average molecular weight is 219 g/mol. The Kier molecular flexibility index (Phi) is 2.33. The summed E-state index contributed by atoms with van der Waals surface area (Å²) in [6, 6.07) is 3.57. The van der Waals surface area contributed by atoms with Crippen LogP contribution in [0.1, 0.15) is 31.9 Å². The first-order chi connectivity index (χ1) is 7.30. The highest BCUT2D eigenvalue weighted by molar-refractivity contribution is 5.85. The van der Waals surface area contributed by atoms with E-state index >= 15 is 0 Å². The molecule has 2 aromatic rings. The average Bonchev–Trinajstić information content (AvgIpc) is 2.45. The van der Waals surface area contributed by atoms with E-state index in [9.17, 15) is 4.39 Å². The molecule has 0 saturated heterocycles. The first kappa shape index (κ1) is 11.2. The Labute approximate surface area is 95.9 Å². The molecule has 1 heterocycles. The standard InChI is InChI=1S/C14H18FN/c1-9-6-13-10(7-12(9)15)11(8-16(13)5)14(2,3)4/h6-8H,1-5H3. The van der Waals surface area contributed by atoms with E-state index in [2.05, 4.69) is 31.5 Å². The van der Waals surface area contributed by atoms with E-state index in [1.54, 1.807) is 13.0 Å². The molecule has 1 aromatic carbocycles. The van der Waals surface area contributed by atoms with Gasteiger partial charge in [-0.2, -0.15) is 0 Å². The topological polar surface area (TPSA) is 4.93 Å². The van der Waals surface area contributed by atoms with Crippen LogP contribution in [0.25, 0.3) is 10.9 Å². The largest absolute Gasteiger partial charge is 0.350 e. The van der Waals surface area contributed by atoms with Gasteiger partial charge in [0.25, 0.3) is 0 Å². The maximum atomic E-state index is 13.6. The Balaban J connectivity index is 2.84. The van der Waals surface area contributed by atoms with Crippen LogP contribution in [-0.2, 0) is 12.5 Å². The smallest absolute Gasteiger partial charge is 0.126 e. The molecule has 86 valence electrons. The normalized spacial score (nSPS) is 12.4. The van der Waals surface area contributed by atoms with Gasteiger partial charge in [0.15, 0.2) is 0 Å². The van der Waals surface area contributed by atoms with Crippen molar-refractivity contribution in [1.29, 1.82) is 0 Å². The Morgan fingerprint density at radius 3 is 2.38 bits per heavy atom. The summed E-state index contributed by atoms with van der Waals surface area (Å²) < 4.78 is 15.7. The number of rotatable bonds is 0. The maximum absolute atomic E-state index is 13.6. The Hall–Kier alpha value is -1.31. The summed E-state index contributed by atoms with van der Waals surface area (Å²) in [4.78, 5) is 0. The SMILES string of the molecule is Cc1cc2c(cc1F)c(C(C)(C)C)cn2C. The molecule has 0 spiro atoms. The Morgan fingerprint density at radius 2 is 1.81 bits per heavy atom. The summed E-state index contributed by atoms with van der Waals surface area (Å²) in [6.07, 6.45) is 2.10. The number of hydrogen-bond acceptors (Lipinski definition) is 0. The third-order valence-corrected chi connectivity index (χ3v) is 3.08. The van der Waals surface area contributed by atoms with Gasteiger partial charge in [-0.25, -0.2) is 4.39 Å². The van der Waals surface area contributed by atoms with Crippen LogP contribution in [-0.4, -0.2) is 4.57 Å². The summed E-state index contributed by atoms with van der Waals surface area (Å²) in [5, 5.41) is 1.03. The molecule has 1 nitrogen and oxygen atoms in total. The van der Waals surface area contributed by atoms with E-state index in [0.29, 0.717) is 5.56 Å². The lowest BCUT2D eigenvalue weighted by Crippen LogP contribution is -2.10. The van der Waals surface area contributed by atoms with Gasteiger partial charge in [-0.15, -0.1) is 0 Å². The van der Waals surface area contributed by atoms with Gasteiger partial charge < -0.3 is 4.57 Å². The molecule has 2 rings (SSSR count). The lowest BCUT2D eigenvalue weighted by molar-refractivity contribution is 0.592. The first-order valence-electron chi connectivity index (χ1n) is 5.56. The van der Waals surface area contributed by atoms with Crippen molar-refractivity contribution in [2.24, 2.45) is 7.05 Å². The van der Waals surface area contributed by atoms with E-state index in [-0.39, 0.29) is 11.2 Å². The third-order valence-electron chi connectivity index (χ3n) is 3.08. The van der Waals surface area contributed by atoms with Crippen LogP contribution < -0.4 is 0 Å². The second-order valence-electron chi connectivity index (χ2n) is 5.52. The fourth-order valence-corrected chi connectivity index (χ4v) is 2.10. The van der Waals surface area contributed by atoms with Crippen molar-refractivity contribution in [2.45, 2.75) is 33.1 Å². The molecule has 2 heteroatoms. The van der Waals surface area contributed by atoms with Crippen molar-refractivity contribution >= 4 is 10.9 Å². The van der Waals surface area contributed by atoms with Crippen LogP contribution in [0.5, 0.6) is 0 Å². The molecule has 0 aliphatic rings.